The van der Waals surface area contributed by atoms with Crippen LogP contribution in [0, 0.1) is 6.57 Å². The Bertz CT molecular complexity index is 1140. The molecule has 0 saturated heterocycles. The Morgan fingerprint density at radius 1 is 1.15 bits per heavy atom. The van der Waals surface area contributed by atoms with Crippen LogP contribution in [-0.2, 0) is 22.4 Å². The van der Waals surface area contributed by atoms with E-state index in [2.05, 4.69) is 28.0 Å². The molecule has 0 N–H and O–H groups in total. The standard InChI is InChI=1S/C26H29N3O4/c1-6-20-18(11-9-13-24(30)31-7-2)10-8-12-21(20)26-29-28-25(33-26)19-14-15-23(32-17(3)4)22(16-19)27-5/h8,10,12,14-17H,6-7,9,11,13H2,1-4H3. The van der Waals surface area contributed by atoms with E-state index in [9.17, 15) is 4.79 Å². The van der Waals surface area contributed by atoms with Crippen molar-refractivity contribution in [3.05, 3.63) is 58.9 Å². The van der Waals surface area contributed by atoms with Gasteiger partial charge in [0, 0.05) is 17.5 Å². The second-order valence-corrected chi connectivity index (χ2v) is 7.83. The summed E-state index contributed by atoms with van der Waals surface area (Å²) in [4.78, 5) is 15.2. The molecule has 0 amide bonds. The quantitative estimate of drug-likeness (QED) is 0.272. The first kappa shape index (κ1) is 24.0. The second kappa shape index (κ2) is 11.3. The third-order valence-electron chi connectivity index (χ3n) is 5.10. The number of aromatic nitrogens is 2. The minimum atomic E-state index is -0.170. The lowest BCUT2D eigenvalue weighted by molar-refractivity contribution is -0.143. The molecule has 172 valence electrons. The predicted octanol–water partition coefficient (Wildman–Crippen LogP) is 6.19. The fourth-order valence-electron chi connectivity index (χ4n) is 3.68. The predicted molar refractivity (Wildman–Crippen MR) is 126 cm³/mol. The molecular formula is C26H29N3O4. The number of aryl methyl sites for hydroxylation is 1. The van der Waals surface area contributed by atoms with Gasteiger partial charge in [-0.25, -0.2) is 4.85 Å². The van der Waals surface area contributed by atoms with Gasteiger partial charge in [0.25, 0.3) is 0 Å². The summed E-state index contributed by atoms with van der Waals surface area (Å²) < 4.78 is 16.7. The molecule has 0 aliphatic carbocycles. The molecule has 0 atom stereocenters. The van der Waals surface area contributed by atoms with Gasteiger partial charge in [-0.05, 0) is 75.4 Å². The molecule has 7 heteroatoms. The summed E-state index contributed by atoms with van der Waals surface area (Å²) in [6, 6.07) is 11.3. The smallest absolute Gasteiger partial charge is 0.305 e. The van der Waals surface area contributed by atoms with Crippen LogP contribution in [0.2, 0.25) is 0 Å². The van der Waals surface area contributed by atoms with E-state index >= 15 is 0 Å². The van der Waals surface area contributed by atoms with Gasteiger partial charge in [0.2, 0.25) is 17.5 Å². The highest BCUT2D eigenvalue weighted by Crippen LogP contribution is 2.35. The Labute approximate surface area is 194 Å². The van der Waals surface area contributed by atoms with Crippen molar-refractivity contribution in [2.45, 2.75) is 59.5 Å². The summed E-state index contributed by atoms with van der Waals surface area (Å²) in [5.74, 6) is 1.14. The molecule has 0 radical (unpaired) electrons. The molecule has 1 aromatic heterocycles. The normalized spacial score (nSPS) is 10.8. The molecule has 3 rings (SSSR count). The number of hydrogen-bond donors (Lipinski definition) is 0. The molecule has 1 heterocycles. The molecule has 3 aromatic rings. The lowest BCUT2D eigenvalue weighted by Gasteiger charge is -2.12. The molecule has 0 saturated carbocycles. The number of rotatable bonds is 10. The maximum atomic E-state index is 11.7. The van der Waals surface area contributed by atoms with Crippen LogP contribution in [0.25, 0.3) is 27.8 Å². The van der Waals surface area contributed by atoms with Gasteiger partial charge in [-0.2, -0.15) is 0 Å². The fraction of sp³-hybridized carbons (Fsp3) is 0.385. The van der Waals surface area contributed by atoms with Crippen molar-refractivity contribution in [2.75, 3.05) is 6.61 Å². The molecule has 0 unspecified atom stereocenters. The maximum Gasteiger partial charge on any atom is 0.305 e. The average molecular weight is 448 g/mol. The first-order valence-electron chi connectivity index (χ1n) is 11.3. The molecular weight excluding hydrogens is 418 g/mol. The highest BCUT2D eigenvalue weighted by Gasteiger charge is 2.17. The van der Waals surface area contributed by atoms with Gasteiger partial charge in [0.1, 0.15) is 5.75 Å². The van der Waals surface area contributed by atoms with Crippen molar-refractivity contribution >= 4 is 11.7 Å². The van der Waals surface area contributed by atoms with Crippen LogP contribution in [0.3, 0.4) is 0 Å². The van der Waals surface area contributed by atoms with Crippen LogP contribution in [0.4, 0.5) is 5.69 Å². The van der Waals surface area contributed by atoms with Crippen LogP contribution in [-0.4, -0.2) is 28.9 Å². The van der Waals surface area contributed by atoms with Gasteiger partial charge in [-0.3, -0.25) is 4.79 Å². The first-order chi connectivity index (χ1) is 16.0. The number of carbonyl (C=O) groups is 1. The SMILES string of the molecule is [C-]#[N+]c1cc(-c2nnc(-c3cccc(CCCC(=O)OCC)c3CC)o2)ccc1OC(C)C. The Kier molecular flexibility index (Phi) is 8.20. The molecule has 0 spiro atoms. The topological polar surface area (TPSA) is 78.8 Å². The van der Waals surface area contributed by atoms with Crippen molar-refractivity contribution in [1.29, 1.82) is 0 Å². The van der Waals surface area contributed by atoms with Crippen molar-refractivity contribution in [3.8, 4) is 28.7 Å². The van der Waals surface area contributed by atoms with E-state index in [4.69, 9.17) is 20.5 Å². The van der Waals surface area contributed by atoms with Crippen molar-refractivity contribution in [3.63, 3.8) is 0 Å². The number of hydrogen-bond acceptors (Lipinski definition) is 6. The molecule has 0 aliphatic heterocycles. The van der Waals surface area contributed by atoms with Crippen LogP contribution in [0.15, 0.2) is 40.8 Å². The fourth-order valence-corrected chi connectivity index (χ4v) is 3.68. The van der Waals surface area contributed by atoms with E-state index in [-0.39, 0.29) is 12.1 Å². The Balaban J connectivity index is 1.84. The number of nitrogens with zero attached hydrogens (tertiary/aromatic N) is 3. The lowest BCUT2D eigenvalue weighted by Crippen LogP contribution is -2.05. The van der Waals surface area contributed by atoms with E-state index in [1.165, 1.54) is 0 Å². The van der Waals surface area contributed by atoms with Gasteiger partial charge < -0.3 is 13.9 Å². The third kappa shape index (κ3) is 5.98. The first-order valence-corrected chi connectivity index (χ1v) is 11.3. The van der Waals surface area contributed by atoms with Crippen molar-refractivity contribution < 1.29 is 18.7 Å². The van der Waals surface area contributed by atoms with Crippen LogP contribution in [0.1, 0.15) is 51.7 Å². The van der Waals surface area contributed by atoms with Crippen molar-refractivity contribution in [1.82, 2.24) is 10.2 Å². The maximum absolute atomic E-state index is 11.7. The zero-order valence-corrected chi connectivity index (χ0v) is 19.6. The summed E-state index contributed by atoms with van der Waals surface area (Å²) in [6.45, 7) is 15.6. The molecule has 0 aliphatic rings. The zero-order chi connectivity index (χ0) is 23.8. The van der Waals surface area contributed by atoms with E-state index in [1.807, 2.05) is 39.0 Å². The summed E-state index contributed by atoms with van der Waals surface area (Å²) in [6.07, 6.45) is 2.65. The van der Waals surface area contributed by atoms with E-state index < -0.39 is 0 Å². The van der Waals surface area contributed by atoms with Crippen LogP contribution >= 0.6 is 0 Å². The average Bonchev–Trinajstić information content (AvgIpc) is 3.29. The third-order valence-corrected chi connectivity index (χ3v) is 5.10. The van der Waals surface area contributed by atoms with Gasteiger partial charge in [-0.1, -0.05) is 19.1 Å². The van der Waals surface area contributed by atoms with Crippen LogP contribution in [0.5, 0.6) is 5.75 Å². The molecule has 0 fully saturated rings. The summed E-state index contributed by atoms with van der Waals surface area (Å²) in [7, 11) is 0. The molecule has 7 nitrogen and oxygen atoms in total. The highest BCUT2D eigenvalue weighted by atomic mass is 16.5. The Morgan fingerprint density at radius 3 is 2.64 bits per heavy atom. The van der Waals surface area contributed by atoms with Crippen LogP contribution < -0.4 is 4.74 Å². The highest BCUT2D eigenvalue weighted by molar-refractivity contribution is 5.70. The molecule has 0 bridgehead atoms. The molecule has 33 heavy (non-hydrogen) atoms. The second-order valence-electron chi connectivity index (χ2n) is 7.83. The number of benzene rings is 2. The number of ether oxygens (including phenoxy) is 2. The van der Waals surface area contributed by atoms with E-state index in [0.29, 0.717) is 48.2 Å². The zero-order valence-electron chi connectivity index (χ0n) is 19.6. The Hall–Kier alpha value is -3.66. The number of carbonyl (C=O) groups excluding carboxylic acids is 1. The van der Waals surface area contributed by atoms with Gasteiger partial charge >= 0.3 is 5.97 Å². The monoisotopic (exact) mass is 447 g/mol. The minimum absolute atomic E-state index is 0.0246. The van der Waals surface area contributed by atoms with E-state index in [0.717, 1.165) is 29.5 Å². The largest absolute Gasteiger partial charge is 0.502 e. The van der Waals surface area contributed by atoms with Crippen molar-refractivity contribution in [2.24, 2.45) is 0 Å². The number of esters is 1. The van der Waals surface area contributed by atoms with Gasteiger partial charge in [0.05, 0.1) is 19.3 Å². The van der Waals surface area contributed by atoms with Gasteiger partial charge in [0.15, 0.2) is 0 Å². The summed E-state index contributed by atoms with van der Waals surface area (Å²) >= 11 is 0. The van der Waals surface area contributed by atoms with Gasteiger partial charge in [-0.15, -0.1) is 10.2 Å². The lowest BCUT2D eigenvalue weighted by atomic mass is 9.95. The summed E-state index contributed by atoms with van der Waals surface area (Å²) in [5.41, 5.74) is 4.23. The van der Waals surface area contributed by atoms with E-state index in [1.54, 1.807) is 12.1 Å². The molecule has 2 aromatic carbocycles. The summed E-state index contributed by atoms with van der Waals surface area (Å²) in [5, 5.41) is 8.49. The minimum Gasteiger partial charge on any atom is -0.502 e. The Morgan fingerprint density at radius 2 is 1.94 bits per heavy atom.